The molecule has 1 rings (SSSR count). The Morgan fingerprint density at radius 2 is 2.24 bits per heavy atom. The van der Waals surface area contributed by atoms with Gasteiger partial charge < -0.3 is 10.1 Å². The van der Waals surface area contributed by atoms with Gasteiger partial charge in [-0.1, -0.05) is 0 Å². The molecule has 0 amide bonds. The number of ether oxygens (including phenoxy) is 1. The first-order valence-electron chi connectivity index (χ1n) is 4.38. The molecule has 17 heavy (non-hydrogen) atoms. The van der Waals surface area contributed by atoms with Gasteiger partial charge in [-0.05, 0) is 22.0 Å². The van der Waals surface area contributed by atoms with Crippen LogP contribution >= 0.6 is 15.9 Å². The Labute approximate surface area is 103 Å². The Kier molecular flexibility index (Phi) is 4.33. The maximum atomic E-state index is 12.6. The zero-order chi connectivity index (χ0) is 13.1. The number of alkyl halides is 3. The molecule has 0 aromatic carbocycles. The van der Waals surface area contributed by atoms with Gasteiger partial charge in [-0.2, -0.15) is 13.2 Å². The van der Waals surface area contributed by atoms with Gasteiger partial charge in [0.2, 0.25) is 0 Å². The van der Waals surface area contributed by atoms with Gasteiger partial charge in [0.25, 0.3) is 0 Å². The number of nitrogens with zero attached hydrogens (tertiary/aromatic N) is 1. The molecule has 4 nitrogen and oxygen atoms in total. The molecular formula is C9H8BrF3N2O2. The van der Waals surface area contributed by atoms with Crippen molar-refractivity contribution in [3.8, 4) is 0 Å². The molecule has 0 spiro atoms. The predicted molar refractivity (Wildman–Crippen MR) is 57.4 cm³/mol. The number of hydrogen-bond donors (Lipinski definition) is 1. The number of aromatic nitrogens is 1. The first-order valence-corrected chi connectivity index (χ1v) is 5.17. The second-order valence-corrected chi connectivity index (χ2v) is 3.89. The minimum Gasteiger partial charge on any atom is -0.468 e. The molecule has 1 aromatic rings. The summed E-state index contributed by atoms with van der Waals surface area (Å²) < 4.78 is 42.4. The van der Waals surface area contributed by atoms with Crippen LogP contribution in [0, 0.1) is 0 Å². The molecule has 0 bridgehead atoms. The number of methoxy groups -OCH3 is 1. The van der Waals surface area contributed by atoms with Crippen molar-refractivity contribution in [1.82, 2.24) is 4.98 Å². The summed E-state index contributed by atoms with van der Waals surface area (Å²) in [6, 6.07) is 0.882. The Bertz CT molecular complexity index is 423. The van der Waals surface area contributed by atoms with Crippen molar-refractivity contribution in [2.45, 2.75) is 6.18 Å². The third-order valence-corrected chi connectivity index (χ3v) is 2.22. The van der Waals surface area contributed by atoms with Crippen LogP contribution in [0.4, 0.5) is 19.0 Å². The number of pyridine rings is 1. The molecule has 0 atom stereocenters. The predicted octanol–water partition coefficient (Wildman–Crippen LogP) is 2.45. The Morgan fingerprint density at radius 1 is 1.59 bits per heavy atom. The molecule has 0 aliphatic carbocycles. The van der Waals surface area contributed by atoms with E-state index in [1.807, 2.05) is 0 Å². The lowest BCUT2D eigenvalue weighted by atomic mass is 10.2. The van der Waals surface area contributed by atoms with Crippen LogP contribution < -0.4 is 5.32 Å². The molecule has 0 aliphatic heterocycles. The fourth-order valence-corrected chi connectivity index (χ4v) is 1.36. The van der Waals surface area contributed by atoms with Gasteiger partial charge >= 0.3 is 12.1 Å². The van der Waals surface area contributed by atoms with Crippen molar-refractivity contribution in [2.75, 3.05) is 19.0 Å². The van der Waals surface area contributed by atoms with E-state index in [-0.39, 0.29) is 11.0 Å². The Balaban J connectivity index is 2.95. The van der Waals surface area contributed by atoms with E-state index < -0.39 is 23.5 Å². The van der Waals surface area contributed by atoms with Crippen LogP contribution in [0.25, 0.3) is 0 Å². The smallest absolute Gasteiger partial charge is 0.419 e. The summed E-state index contributed by atoms with van der Waals surface area (Å²) in [6.45, 7) is -0.381. The largest absolute Gasteiger partial charge is 0.468 e. The third-order valence-electron chi connectivity index (χ3n) is 1.79. The van der Waals surface area contributed by atoms with Crippen LogP contribution in [0.1, 0.15) is 5.56 Å². The number of carbonyl (C=O) groups is 1. The first-order chi connectivity index (χ1) is 7.84. The fraction of sp³-hybridized carbons (Fsp3) is 0.333. The fourth-order valence-electron chi connectivity index (χ4n) is 1.02. The van der Waals surface area contributed by atoms with Crippen LogP contribution in [0.3, 0.4) is 0 Å². The lowest BCUT2D eigenvalue weighted by molar-refractivity contribution is -0.139. The second kappa shape index (κ2) is 5.35. The summed E-state index contributed by atoms with van der Waals surface area (Å²) in [5.74, 6) is -1.09. The van der Waals surface area contributed by atoms with Crippen LogP contribution in [0.15, 0.2) is 16.7 Å². The van der Waals surface area contributed by atoms with Crippen molar-refractivity contribution in [3.63, 3.8) is 0 Å². The van der Waals surface area contributed by atoms with Crippen LogP contribution in [0.2, 0.25) is 0 Å². The molecule has 8 heteroatoms. The van der Waals surface area contributed by atoms with E-state index in [9.17, 15) is 18.0 Å². The average Bonchev–Trinajstić information content (AvgIpc) is 2.25. The van der Waals surface area contributed by atoms with Crippen LogP contribution in [-0.4, -0.2) is 24.6 Å². The number of halogens is 4. The summed E-state index contributed by atoms with van der Waals surface area (Å²) in [6.07, 6.45) is -3.34. The topological polar surface area (TPSA) is 51.2 Å². The van der Waals surface area contributed by atoms with Crippen molar-refractivity contribution in [3.05, 3.63) is 22.3 Å². The van der Waals surface area contributed by atoms with Crippen LogP contribution in [-0.2, 0) is 15.7 Å². The van der Waals surface area contributed by atoms with E-state index in [1.165, 1.54) is 6.20 Å². The van der Waals surface area contributed by atoms with E-state index in [1.54, 1.807) is 0 Å². The van der Waals surface area contributed by atoms with Crippen molar-refractivity contribution < 1.29 is 22.7 Å². The quantitative estimate of drug-likeness (QED) is 0.871. The number of esters is 1. The molecule has 0 fully saturated rings. The molecule has 1 N–H and O–H groups in total. The van der Waals surface area contributed by atoms with Gasteiger partial charge in [0.15, 0.2) is 0 Å². The molecule has 94 valence electrons. The number of nitrogens with one attached hydrogen (secondary N) is 1. The lowest BCUT2D eigenvalue weighted by Gasteiger charge is -2.13. The van der Waals surface area contributed by atoms with E-state index in [0.29, 0.717) is 0 Å². The molecule has 0 aliphatic rings. The van der Waals surface area contributed by atoms with E-state index in [4.69, 9.17) is 0 Å². The maximum absolute atomic E-state index is 12.6. The second-order valence-electron chi connectivity index (χ2n) is 2.98. The number of rotatable bonds is 3. The minimum atomic E-state index is -4.55. The van der Waals surface area contributed by atoms with Gasteiger partial charge in [0, 0.05) is 10.7 Å². The minimum absolute atomic E-state index is 0.202. The van der Waals surface area contributed by atoms with Gasteiger partial charge in [0.05, 0.1) is 12.7 Å². The van der Waals surface area contributed by atoms with Gasteiger partial charge in [-0.15, -0.1) is 0 Å². The number of carbonyl (C=O) groups excluding carboxylic acids is 1. The van der Waals surface area contributed by atoms with Gasteiger partial charge in [-0.25, -0.2) is 4.98 Å². The first kappa shape index (κ1) is 13.8. The summed E-state index contributed by atoms with van der Waals surface area (Å²) in [4.78, 5) is 14.4. The SMILES string of the molecule is COC(=O)CNc1ncc(Br)cc1C(F)(F)F. The van der Waals surface area contributed by atoms with Crippen molar-refractivity contribution in [1.29, 1.82) is 0 Å². The zero-order valence-corrected chi connectivity index (χ0v) is 10.2. The standard InChI is InChI=1S/C9H8BrF3N2O2/c1-17-7(16)4-15-8-6(9(11,12)13)2-5(10)3-14-8/h2-3H,4H2,1H3,(H,14,15). The Hall–Kier alpha value is -1.31. The van der Waals surface area contributed by atoms with Gasteiger partial charge in [-0.3, -0.25) is 4.79 Å². The highest BCUT2D eigenvalue weighted by Gasteiger charge is 2.34. The monoisotopic (exact) mass is 312 g/mol. The molecule has 1 heterocycles. The molecule has 0 saturated carbocycles. The number of anilines is 1. The van der Waals surface area contributed by atoms with Crippen molar-refractivity contribution in [2.24, 2.45) is 0 Å². The zero-order valence-electron chi connectivity index (χ0n) is 8.64. The third kappa shape index (κ3) is 3.88. The molecule has 0 saturated heterocycles. The molecular weight excluding hydrogens is 305 g/mol. The summed E-state index contributed by atoms with van der Waals surface area (Å²) in [7, 11) is 1.14. The van der Waals surface area contributed by atoms with Gasteiger partial charge in [0.1, 0.15) is 12.4 Å². The molecule has 0 radical (unpaired) electrons. The van der Waals surface area contributed by atoms with Crippen molar-refractivity contribution >= 4 is 27.7 Å². The molecule has 1 aromatic heterocycles. The average molecular weight is 313 g/mol. The highest BCUT2D eigenvalue weighted by atomic mass is 79.9. The maximum Gasteiger partial charge on any atom is 0.419 e. The van der Waals surface area contributed by atoms with Crippen LogP contribution in [0.5, 0.6) is 0 Å². The summed E-state index contributed by atoms with van der Waals surface area (Å²) in [5.41, 5.74) is -0.948. The summed E-state index contributed by atoms with van der Waals surface area (Å²) in [5, 5.41) is 2.27. The van der Waals surface area contributed by atoms with E-state index in [0.717, 1.165) is 13.2 Å². The summed E-state index contributed by atoms with van der Waals surface area (Å²) >= 11 is 2.90. The molecule has 0 unspecified atom stereocenters. The van der Waals surface area contributed by atoms with E-state index >= 15 is 0 Å². The normalized spacial score (nSPS) is 11.1. The highest BCUT2D eigenvalue weighted by molar-refractivity contribution is 9.10. The lowest BCUT2D eigenvalue weighted by Crippen LogP contribution is -2.19. The highest BCUT2D eigenvalue weighted by Crippen LogP contribution is 2.35. The van der Waals surface area contributed by atoms with E-state index in [2.05, 4.69) is 31.0 Å². The Morgan fingerprint density at radius 3 is 2.76 bits per heavy atom. The number of hydrogen-bond acceptors (Lipinski definition) is 4.